The lowest BCUT2D eigenvalue weighted by Gasteiger charge is -2.09. The Morgan fingerprint density at radius 1 is 1.53 bits per heavy atom. The summed E-state index contributed by atoms with van der Waals surface area (Å²) in [7, 11) is 0. The minimum Gasteiger partial charge on any atom is -0.352 e. The molecule has 1 aliphatic rings. The van der Waals surface area contributed by atoms with Gasteiger partial charge in [0.1, 0.15) is 0 Å². The molecule has 0 saturated carbocycles. The second-order valence-electron chi connectivity index (χ2n) is 3.81. The van der Waals surface area contributed by atoms with Crippen LogP contribution in [0.25, 0.3) is 0 Å². The van der Waals surface area contributed by atoms with Gasteiger partial charge in [-0.15, -0.1) is 24.8 Å². The van der Waals surface area contributed by atoms with Crippen LogP contribution >= 0.6 is 24.8 Å². The summed E-state index contributed by atoms with van der Waals surface area (Å²) in [4.78, 5) is 15.5. The van der Waals surface area contributed by atoms with Crippen LogP contribution in [-0.4, -0.2) is 30.5 Å². The summed E-state index contributed by atoms with van der Waals surface area (Å²) in [6, 6.07) is 3.54. The molecule has 1 aromatic rings. The largest absolute Gasteiger partial charge is 0.352 e. The monoisotopic (exact) mass is 277 g/mol. The maximum Gasteiger partial charge on any atom is 0.252 e. The van der Waals surface area contributed by atoms with E-state index >= 15 is 0 Å². The SMILES string of the molecule is Cl.Cl.O=C(NCC1CCNC1)c1cccnc1. The van der Waals surface area contributed by atoms with E-state index in [0.29, 0.717) is 11.5 Å². The minimum absolute atomic E-state index is 0. The third-order valence-electron chi connectivity index (χ3n) is 2.64. The molecule has 1 amide bonds. The third-order valence-corrected chi connectivity index (χ3v) is 2.64. The summed E-state index contributed by atoms with van der Waals surface area (Å²) >= 11 is 0. The first kappa shape index (κ1) is 16.2. The molecule has 0 spiro atoms. The Balaban J connectivity index is 0.00000128. The Labute approximate surface area is 113 Å². The zero-order valence-corrected chi connectivity index (χ0v) is 11.0. The number of nitrogens with zero attached hydrogens (tertiary/aromatic N) is 1. The summed E-state index contributed by atoms with van der Waals surface area (Å²) in [5, 5.41) is 6.19. The van der Waals surface area contributed by atoms with Crippen molar-refractivity contribution in [3.05, 3.63) is 30.1 Å². The fourth-order valence-corrected chi connectivity index (χ4v) is 1.72. The number of amides is 1. The summed E-state index contributed by atoms with van der Waals surface area (Å²) in [6.45, 7) is 2.82. The fourth-order valence-electron chi connectivity index (χ4n) is 1.72. The van der Waals surface area contributed by atoms with Crippen molar-refractivity contribution in [3.63, 3.8) is 0 Å². The maximum atomic E-state index is 11.6. The van der Waals surface area contributed by atoms with Gasteiger partial charge in [0.25, 0.3) is 5.91 Å². The van der Waals surface area contributed by atoms with Crippen LogP contribution in [0, 0.1) is 5.92 Å². The Hall–Kier alpha value is -0.840. The maximum absolute atomic E-state index is 11.6. The molecule has 0 aliphatic carbocycles. The Kier molecular flexibility index (Phi) is 7.87. The van der Waals surface area contributed by atoms with Crippen molar-refractivity contribution in [3.8, 4) is 0 Å². The van der Waals surface area contributed by atoms with Gasteiger partial charge in [0.05, 0.1) is 5.56 Å². The zero-order chi connectivity index (χ0) is 10.5. The van der Waals surface area contributed by atoms with Crippen LogP contribution in [0.4, 0.5) is 0 Å². The molecule has 1 aromatic heterocycles. The molecule has 1 fully saturated rings. The molecule has 1 unspecified atom stereocenters. The van der Waals surface area contributed by atoms with E-state index in [1.807, 2.05) is 0 Å². The van der Waals surface area contributed by atoms with Gasteiger partial charge in [-0.25, -0.2) is 0 Å². The molecule has 4 nitrogen and oxygen atoms in total. The lowest BCUT2D eigenvalue weighted by molar-refractivity contribution is 0.0948. The Morgan fingerprint density at radius 2 is 2.35 bits per heavy atom. The molecule has 1 aliphatic heterocycles. The van der Waals surface area contributed by atoms with E-state index in [4.69, 9.17) is 0 Å². The highest BCUT2D eigenvalue weighted by Crippen LogP contribution is 2.05. The number of halogens is 2. The van der Waals surface area contributed by atoms with Crippen LogP contribution in [0.1, 0.15) is 16.8 Å². The summed E-state index contributed by atoms with van der Waals surface area (Å²) in [6.07, 6.45) is 4.40. The molecule has 0 bridgehead atoms. The van der Waals surface area contributed by atoms with Crippen LogP contribution in [0.15, 0.2) is 24.5 Å². The molecule has 1 atom stereocenters. The fraction of sp³-hybridized carbons (Fsp3) is 0.455. The van der Waals surface area contributed by atoms with Crippen LogP contribution in [-0.2, 0) is 0 Å². The van der Waals surface area contributed by atoms with Gasteiger partial charge in [-0.05, 0) is 37.6 Å². The number of hydrogen-bond acceptors (Lipinski definition) is 3. The van der Waals surface area contributed by atoms with Crippen LogP contribution in [0.5, 0.6) is 0 Å². The van der Waals surface area contributed by atoms with Crippen LogP contribution in [0.3, 0.4) is 0 Å². The van der Waals surface area contributed by atoms with Gasteiger partial charge in [-0.2, -0.15) is 0 Å². The molecule has 17 heavy (non-hydrogen) atoms. The van der Waals surface area contributed by atoms with Crippen molar-refractivity contribution in [1.82, 2.24) is 15.6 Å². The van der Waals surface area contributed by atoms with Crippen molar-refractivity contribution < 1.29 is 4.79 Å². The van der Waals surface area contributed by atoms with E-state index in [1.165, 1.54) is 0 Å². The predicted molar refractivity (Wildman–Crippen MR) is 72.0 cm³/mol. The lowest BCUT2D eigenvalue weighted by atomic mass is 10.1. The highest BCUT2D eigenvalue weighted by atomic mass is 35.5. The molecule has 2 N–H and O–H groups in total. The molecular formula is C11H17Cl2N3O. The highest BCUT2D eigenvalue weighted by molar-refractivity contribution is 5.93. The zero-order valence-electron chi connectivity index (χ0n) is 9.39. The minimum atomic E-state index is -0.0324. The average molecular weight is 278 g/mol. The van der Waals surface area contributed by atoms with E-state index < -0.39 is 0 Å². The van der Waals surface area contributed by atoms with Gasteiger partial charge >= 0.3 is 0 Å². The van der Waals surface area contributed by atoms with Gasteiger partial charge in [0, 0.05) is 18.9 Å². The van der Waals surface area contributed by atoms with E-state index in [9.17, 15) is 4.79 Å². The van der Waals surface area contributed by atoms with Gasteiger partial charge < -0.3 is 10.6 Å². The van der Waals surface area contributed by atoms with Crippen molar-refractivity contribution in [2.75, 3.05) is 19.6 Å². The third kappa shape index (κ3) is 4.89. The molecule has 0 radical (unpaired) electrons. The Morgan fingerprint density at radius 3 is 2.94 bits per heavy atom. The number of pyridine rings is 1. The van der Waals surface area contributed by atoms with Crippen molar-refractivity contribution in [1.29, 1.82) is 0 Å². The summed E-state index contributed by atoms with van der Waals surface area (Å²) < 4.78 is 0. The number of carbonyl (C=O) groups excluding carboxylic acids is 1. The first-order valence-corrected chi connectivity index (χ1v) is 5.25. The van der Waals surface area contributed by atoms with Crippen molar-refractivity contribution in [2.24, 2.45) is 5.92 Å². The number of rotatable bonds is 3. The molecule has 1 saturated heterocycles. The second-order valence-corrected chi connectivity index (χ2v) is 3.81. The highest BCUT2D eigenvalue weighted by Gasteiger charge is 2.15. The normalized spacial score (nSPS) is 17.8. The number of hydrogen-bond donors (Lipinski definition) is 2. The number of aromatic nitrogens is 1. The molecule has 6 heteroatoms. The quantitative estimate of drug-likeness (QED) is 0.875. The Bertz CT molecular complexity index is 329. The van der Waals surface area contributed by atoms with E-state index in [1.54, 1.807) is 24.5 Å². The number of carbonyl (C=O) groups is 1. The molecule has 2 heterocycles. The van der Waals surface area contributed by atoms with E-state index in [0.717, 1.165) is 26.1 Å². The topological polar surface area (TPSA) is 54.0 Å². The number of nitrogens with one attached hydrogen (secondary N) is 2. The lowest BCUT2D eigenvalue weighted by Crippen LogP contribution is -2.30. The first-order chi connectivity index (χ1) is 7.36. The van der Waals surface area contributed by atoms with Gasteiger partial charge in [-0.3, -0.25) is 9.78 Å². The standard InChI is InChI=1S/C11H15N3O.2ClH/c15-11(10-2-1-4-12-8-10)14-7-9-3-5-13-6-9;;/h1-2,4,8-9,13H,3,5-7H2,(H,14,15);2*1H. The van der Waals surface area contributed by atoms with Gasteiger partial charge in [0.2, 0.25) is 0 Å². The molecule has 96 valence electrons. The predicted octanol–water partition coefficient (Wildman–Crippen LogP) is 1.26. The smallest absolute Gasteiger partial charge is 0.252 e. The van der Waals surface area contributed by atoms with E-state index in [2.05, 4.69) is 15.6 Å². The van der Waals surface area contributed by atoms with Gasteiger partial charge in [-0.1, -0.05) is 0 Å². The van der Waals surface area contributed by atoms with E-state index in [-0.39, 0.29) is 30.7 Å². The van der Waals surface area contributed by atoms with Crippen LogP contribution in [0.2, 0.25) is 0 Å². The second kappa shape index (κ2) is 8.28. The van der Waals surface area contributed by atoms with Crippen LogP contribution < -0.4 is 10.6 Å². The molecular weight excluding hydrogens is 261 g/mol. The van der Waals surface area contributed by atoms with Crippen molar-refractivity contribution >= 4 is 30.7 Å². The first-order valence-electron chi connectivity index (χ1n) is 5.25. The molecule has 2 rings (SSSR count). The average Bonchev–Trinajstić information content (AvgIpc) is 2.80. The summed E-state index contributed by atoms with van der Waals surface area (Å²) in [5.41, 5.74) is 0.628. The van der Waals surface area contributed by atoms with Gasteiger partial charge in [0.15, 0.2) is 0 Å². The van der Waals surface area contributed by atoms with Crippen molar-refractivity contribution in [2.45, 2.75) is 6.42 Å². The summed E-state index contributed by atoms with van der Waals surface area (Å²) in [5.74, 6) is 0.542. The molecule has 0 aromatic carbocycles.